The van der Waals surface area contributed by atoms with Crippen molar-refractivity contribution < 1.29 is 5.11 Å². The van der Waals surface area contributed by atoms with Crippen LogP contribution in [-0.2, 0) is 13.0 Å². The minimum atomic E-state index is 0.0756. The molecular formula is C21H23NO. The molecule has 118 valence electrons. The number of hydrogen-bond acceptors (Lipinski definition) is 2. The molecule has 0 spiro atoms. The number of piperidine rings is 1. The van der Waals surface area contributed by atoms with Crippen molar-refractivity contribution in [2.24, 2.45) is 5.92 Å². The number of hydrogen-bond donors (Lipinski definition) is 2. The smallest absolute Gasteiger partial charge is 0.0681 e. The molecule has 0 radical (unpaired) electrons. The molecule has 2 N–H and O–H groups in total. The lowest BCUT2D eigenvalue weighted by Crippen LogP contribution is -2.28. The van der Waals surface area contributed by atoms with Gasteiger partial charge in [-0.25, -0.2) is 0 Å². The quantitative estimate of drug-likeness (QED) is 0.854. The third-order valence-electron chi connectivity index (χ3n) is 4.42. The molecule has 2 aromatic carbocycles. The lowest BCUT2D eigenvalue weighted by atomic mass is 9.91. The van der Waals surface area contributed by atoms with Crippen molar-refractivity contribution in [3.8, 4) is 11.8 Å². The van der Waals surface area contributed by atoms with Gasteiger partial charge in [-0.05, 0) is 73.7 Å². The largest absolute Gasteiger partial charge is 0.392 e. The van der Waals surface area contributed by atoms with Crippen LogP contribution in [0.4, 0.5) is 0 Å². The van der Waals surface area contributed by atoms with Gasteiger partial charge in [0.25, 0.3) is 0 Å². The van der Waals surface area contributed by atoms with Crippen LogP contribution in [0.25, 0.3) is 0 Å². The van der Waals surface area contributed by atoms with Crippen LogP contribution in [0, 0.1) is 17.8 Å². The zero-order valence-electron chi connectivity index (χ0n) is 13.4. The maximum absolute atomic E-state index is 9.04. The first kappa shape index (κ1) is 15.8. The Bertz CT molecular complexity index is 671. The molecule has 0 bridgehead atoms. The second-order valence-corrected chi connectivity index (χ2v) is 6.20. The van der Waals surface area contributed by atoms with E-state index in [1.807, 2.05) is 24.3 Å². The van der Waals surface area contributed by atoms with Gasteiger partial charge >= 0.3 is 0 Å². The highest BCUT2D eigenvalue weighted by Crippen LogP contribution is 2.18. The Kier molecular flexibility index (Phi) is 5.47. The molecule has 0 aromatic heterocycles. The second-order valence-electron chi connectivity index (χ2n) is 6.20. The number of benzene rings is 2. The summed E-state index contributed by atoms with van der Waals surface area (Å²) in [7, 11) is 0. The molecule has 3 rings (SSSR count). The van der Waals surface area contributed by atoms with Crippen LogP contribution in [0.1, 0.15) is 35.1 Å². The van der Waals surface area contributed by atoms with Gasteiger partial charge in [0.1, 0.15) is 0 Å². The third kappa shape index (κ3) is 4.69. The fourth-order valence-corrected chi connectivity index (χ4v) is 2.98. The standard InChI is InChI=1S/C21H23NO/c23-16-21-9-5-18(6-10-21)2-1-17-3-7-19(8-4-17)15-20-11-13-22-14-12-20/h3-10,20,22-23H,11-16H2. The minimum absolute atomic E-state index is 0.0756. The van der Waals surface area contributed by atoms with Crippen molar-refractivity contribution in [2.75, 3.05) is 13.1 Å². The molecule has 1 saturated heterocycles. The SMILES string of the molecule is OCc1ccc(C#Cc2ccc(CC3CCNCC3)cc2)cc1. The van der Waals surface area contributed by atoms with Crippen LogP contribution in [-0.4, -0.2) is 18.2 Å². The van der Waals surface area contributed by atoms with Gasteiger partial charge < -0.3 is 10.4 Å². The van der Waals surface area contributed by atoms with E-state index in [0.29, 0.717) is 0 Å². The normalized spacial score (nSPS) is 15.0. The fraction of sp³-hybridized carbons (Fsp3) is 0.333. The molecule has 2 heteroatoms. The topological polar surface area (TPSA) is 32.3 Å². The Labute approximate surface area is 138 Å². The Morgan fingerprint density at radius 1 is 0.826 bits per heavy atom. The monoisotopic (exact) mass is 305 g/mol. The Morgan fingerprint density at radius 3 is 1.87 bits per heavy atom. The first-order valence-corrected chi connectivity index (χ1v) is 8.35. The van der Waals surface area contributed by atoms with Crippen molar-refractivity contribution in [3.05, 3.63) is 70.8 Å². The Morgan fingerprint density at radius 2 is 1.35 bits per heavy atom. The van der Waals surface area contributed by atoms with E-state index in [0.717, 1.165) is 35.7 Å². The number of aliphatic hydroxyl groups excluding tert-OH is 1. The summed E-state index contributed by atoms with van der Waals surface area (Å²) in [6.07, 6.45) is 3.74. The van der Waals surface area contributed by atoms with Gasteiger partial charge in [-0.1, -0.05) is 36.1 Å². The van der Waals surface area contributed by atoms with Gasteiger partial charge in [0.15, 0.2) is 0 Å². The van der Waals surface area contributed by atoms with E-state index in [9.17, 15) is 0 Å². The third-order valence-corrected chi connectivity index (χ3v) is 4.42. The summed E-state index contributed by atoms with van der Waals surface area (Å²) >= 11 is 0. The first-order valence-electron chi connectivity index (χ1n) is 8.35. The predicted molar refractivity (Wildman–Crippen MR) is 94.1 cm³/mol. The van der Waals surface area contributed by atoms with Crippen LogP contribution in [0.15, 0.2) is 48.5 Å². The molecule has 1 aliphatic rings. The van der Waals surface area contributed by atoms with Crippen molar-refractivity contribution in [3.63, 3.8) is 0 Å². The van der Waals surface area contributed by atoms with Gasteiger partial charge in [-0.15, -0.1) is 0 Å². The van der Waals surface area contributed by atoms with Crippen LogP contribution < -0.4 is 5.32 Å². The molecular weight excluding hydrogens is 282 g/mol. The molecule has 0 amide bonds. The van der Waals surface area contributed by atoms with Crippen molar-refractivity contribution in [1.29, 1.82) is 0 Å². The number of nitrogens with one attached hydrogen (secondary N) is 1. The predicted octanol–water partition coefficient (Wildman–Crippen LogP) is 3.12. The number of rotatable bonds is 3. The minimum Gasteiger partial charge on any atom is -0.392 e. The van der Waals surface area contributed by atoms with Gasteiger partial charge in [0, 0.05) is 11.1 Å². The molecule has 0 atom stereocenters. The lowest BCUT2D eigenvalue weighted by Gasteiger charge is -2.22. The molecule has 1 aliphatic heterocycles. The van der Waals surface area contributed by atoms with Gasteiger partial charge in [-0.2, -0.15) is 0 Å². The fourth-order valence-electron chi connectivity index (χ4n) is 2.98. The van der Waals surface area contributed by atoms with Gasteiger partial charge in [-0.3, -0.25) is 0 Å². The van der Waals surface area contributed by atoms with Crippen molar-refractivity contribution >= 4 is 0 Å². The van der Waals surface area contributed by atoms with Crippen LogP contribution in [0.3, 0.4) is 0 Å². The zero-order chi connectivity index (χ0) is 15.9. The maximum Gasteiger partial charge on any atom is 0.0681 e. The molecule has 2 aromatic rings. The Hall–Kier alpha value is -2.08. The van der Waals surface area contributed by atoms with E-state index in [4.69, 9.17) is 5.11 Å². The summed E-state index contributed by atoms with van der Waals surface area (Å²) in [6, 6.07) is 16.4. The lowest BCUT2D eigenvalue weighted by molar-refractivity contribution is 0.282. The summed E-state index contributed by atoms with van der Waals surface area (Å²) in [5.74, 6) is 7.20. The highest BCUT2D eigenvalue weighted by atomic mass is 16.3. The summed E-state index contributed by atoms with van der Waals surface area (Å²) in [5, 5.41) is 12.5. The maximum atomic E-state index is 9.04. The van der Waals surface area contributed by atoms with Gasteiger partial charge in [0.2, 0.25) is 0 Å². The summed E-state index contributed by atoms with van der Waals surface area (Å²) in [4.78, 5) is 0. The average molecular weight is 305 g/mol. The average Bonchev–Trinajstić information content (AvgIpc) is 2.62. The molecule has 0 aliphatic carbocycles. The molecule has 0 unspecified atom stereocenters. The molecule has 1 heterocycles. The van der Waals surface area contributed by atoms with E-state index in [-0.39, 0.29) is 6.61 Å². The highest BCUT2D eigenvalue weighted by Gasteiger charge is 2.13. The van der Waals surface area contributed by atoms with Crippen LogP contribution in [0.2, 0.25) is 0 Å². The summed E-state index contributed by atoms with van der Waals surface area (Å²) in [5.41, 5.74) is 4.35. The van der Waals surface area contributed by atoms with E-state index < -0.39 is 0 Å². The van der Waals surface area contributed by atoms with Crippen molar-refractivity contribution in [1.82, 2.24) is 5.32 Å². The van der Waals surface area contributed by atoms with Gasteiger partial charge in [0.05, 0.1) is 6.61 Å². The van der Waals surface area contributed by atoms with E-state index in [1.54, 1.807) is 0 Å². The highest BCUT2D eigenvalue weighted by molar-refractivity contribution is 5.44. The molecule has 0 saturated carbocycles. The van der Waals surface area contributed by atoms with E-state index in [2.05, 4.69) is 41.4 Å². The summed E-state index contributed by atoms with van der Waals surface area (Å²) in [6.45, 7) is 2.39. The molecule has 2 nitrogen and oxygen atoms in total. The van der Waals surface area contributed by atoms with Crippen molar-refractivity contribution in [2.45, 2.75) is 25.9 Å². The first-order chi connectivity index (χ1) is 11.3. The van der Waals surface area contributed by atoms with E-state index >= 15 is 0 Å². The van der Waals surface area contributed by atoms with E-state index in [1.165, 1.54) is 24.8 Å². The molecule has 23 heavy (non-hydrogen) atoms. The Balaban J connectivity index is 1.61. The van der Waals surface area contributed by atoms with Crippen LogP contribution in [0.5, 0.6) is 0 Å². The number of aliphatic hydroxyl groups is 1. The molecule has 1 fully saturated rings. The summed E-state index contributed by atoms with van der Waals surface area (Å²) < 4.78 is 0. The van der Waals surface area contributed by atoms with Crippen LogP contribution >= 0.6 is 0 Å². The second kappa shape index (κ2) is 7.97. The zero-order valence-corrected chi connectivity index (χ0v) is 13.4.